The Balaban J connectivity index is 1.49. The van der Waals surface area contributed by atoms with Gasteiger partial charge in [0.2, 0.25) is 5.91 Å². The Morgan fingerprint density at radius 1 is 1.23 bits per heavy atom. The Kier molecular flexibility index (Phi) is 5.08. The Bertz CT molecular complexity index is 496. The normalized spacial score (nSPS) is 24.3. The standard InChI is InChI=1S/C16H26N4O2/c1-12-15(19-22-18-12)10-16(21)17-13-6-5-9-20(11-13)14-7-3-2-4-8-14/h13-14H,2-11H2,1H3,(H,17,21)/t13-/m1/s1. The van der Waals surface area contributed by atoms with Crippen molar-refractivity contribution in [2.24, 2.45) is 0 Å². The summed E-state index contributed by atoms with van der Waals surface area (Å²) in [4.78, 5) is 14.8. The first-order valence-electron chi connectivity index (χ1n) is 8.54. The van der Waals surface area contributed by atoms with E-state index in [1.807, 2.05) is 6.92 Å². The second-order valence-electron chi connectivity index (χ2n) is 6.67. The average molecular weight is 306 g/mol. The zero-order valence-electron chi connectivity index (χ0n) is 13.4. The average Bonchev–Trinajstić information content (AvgIpc) is 2.93. The van der Waals surface area contributed by atoms with Gasteiger partial charge in [-0.1, -0.05) is 29.6 Å². The minimum absolute atomic E-state index is 0.0225. The van der Waals surface area contributed by atoms with E-state index >= 15 is 0 Å². The lowest BCUT2D eigenvalue weighted by molar-refractivity contribution is -0.121. The van der Waals surface area contributed by atoms with E-state index in [1.165, 1.54) is 45.1 Å². The van der Waals surface area contributed by atoms with Gasteiger partial charge in [0.15, 0.2) is 0 Å². The fraction of sp³-hybridized carbons (Fsp3) is 0.812. The van der Waals surface area contributed by atoms with Gasteiger partial charge in [-0.05, 0) is 39.2 Å². The van der Waals surface area contributed by atoms with Crippen LogP contribution in [0.5, 0.6) is 0 Å². The van der Waals surface area contributed by atoms with E-state index in [0.29, 0.717) is 11.4 Å². The smallest absolute Gasteiger partial charge is 0.226 e. The van der Waals surface area contributed by atoms with E-state index in [9.17, 15) is 4.79 Å². The Hall–Kier alpha value is -1.43. The SMILES string of the molecule is Cc1nonc1CC(=O)N[C@@H]1CCCN(C2CCCCC2)C1. The molecule has 0 bridgehead atoms. The number of amides is 1. The van der Waals surface area contributed by atoms with Gasteiger partial charge in [0.25, 0.3) is 0 Å². The third-order valence-electron chi connectivity index (χ3n) is 4.98. The van der Waals surface area contributed by atoms with Crippen LogP contribution in [0.3, 0.4) is 0 Å². The second-order valence-corrected chi connectivity index (χ2v) is 6.67. The van der Waals surface area contributed by atoms with Crippen molar-refractivity contribution < 1.29 is 9.42 Å². The van der Waals surface area contributed by atoms with Crippen LogP contribution >= 0.6 is 0 Å². The van der Waals surface area contributed by atoms with Gasteiger partial charge in [-0.2, -0.15) is 0 Å². The molecule has 0 aromatic carbocycles. The number of nitrogens with zero attached hydrogens (tertiary/aromatic N) is 3. The summed E-state index contributed by atoms with van der Waals surface area (Å²) >= 11 is 0. The van der Waals surface area contributed by atoms with Crippen molar-refractivity contribution in [1.29, 1.82) is 0 Å². The van der Waals surface area contributed by atoms with E-state index < -0.39 is 0 Å². The van der Waals surface area contributed by atoms with Crippen molar-refractivity contribution in [2.45, 2.75) is 70.4 Å². The van der Waals surface area contributed by atoms with Crippen molar-refractivity contribution >= 4 is 5.91 Å². The first-order valence-corrected chi connectivity index (χ1v) is 8.54. The van der Waals surface area contributed by atoms with E-state index in [0.717, 1.165) is 19.0 Å². The molecule has 2 heterocycles. The van der Waals surface area contributed by atoms with Crippen LogP contribution in [-0.2, 0) is 11.2 Å². The number of likely N-dealkylation sites (tertiary alicyclic amines) is 1. The number of aromatic nitrogens is 2. The molecule has 1 saturated carbocycles. The Morgan fingerprint density at radius 3 is 2.77 bits per heavy atom. The molecule has 1 aromatic rings. The van der Waals surface area contributed by atoms with Crippen LogP contribution in [-0.4, -0.2) is 46.3 Å². The Labute approximate surface area is 131 Å². The first kappa shape index (κ1) is 15.5. The lowest BCUT2D eigenvalue weighted by Crippen LogP contribution is -2.51. The maximum absolute atomic E-state index is 12.2. The molecule has 122 valence electrons. The van der Waals surface area contributed by atoms with Crippen LogP contribution in [0.15, 0.2) is 4.63 Å². The van der Waals surface area contributed by atoms with E-state index in [2.05, 4.69) is 25.2 Å². The van der Waals surface area contributed by atoms with Gasteiger partial charge in [-0.25, -0.2) is 4.63 Å². The molecule has 3 rings (SSSR count). The molecule has 1 aliphatic heterocycles. The highest BCUT2D eigenvalue weighted by Gasteiger charge is 2.27. The molecule has 2 fully saturated rings. The number of carbonyl (C=O) groups is 1. The Morgan fingerprint density at radius 2 is 2.05 bits per heavy atom. The molecule has 1 atom stereocenters. The lowest BCUT2D eigenvalue weighted by Gasteiger charge is -2.40. The van der Waals surface area contributed by atoms with Crippen molar-refractivity contribution in [3.05, 3.63) is 11.4 Å². The number of piperidine rings is 1. The predicted octanol–water partition coefficient (Wildman–Crippen LogP) is 1.83. The molecule has 1 aromatic heterocycles. The third kappa shape index (κ3) is 3.85. The monoisotopic (exact) mass is 306 g/mol. The van der Waals surface area contributed by atoms with Gasteiger partial charge in [0, 0.05) is 18.6 Å². The molecule has 1 amide bonds. The van der Waals surface area contributed by atoms with Crippen molar-refractivity contribution in [2.75, 3.05) is 13.1 Å². The fourth-order valence-electron chi connectivity index (χ4n) is 3.74. The van der Waals surface area contributed by atoms with Gasteiger partial charge >= 0.3 is 0 Å². The van der Waals surface area contributed by atoms with Crippen LogP contribution in [0.2, 0.25) is 0 Å². The fourth-order valence-corrected chi connectivity index (χ4v) is 3.74. The predicted molar refractivity (Wildman–Crippen MR) is 82.3 cm³/mol. The third-order valence-corrected chi connectivity index (χ3v) is 4.98. The lowest BCUT2D eigenvalue weighted by atomic mass is 9.92. The molecule has 0 unspecified atom stereocenters. The molecule has 2 aliphatic rings. The highest BCUT2D eigenvalue weighted by atomic mass is 16.6. The van der Waals surface area contributed by atoms with Gasteiger partial charge in [-0.15, -0.1) is 0 Å². The molecule has 6 heteroatoms. The second kappa shape index (κ2) is 7.22. The molecule has 0 radical (unpaired) electrons. The number of rotatable bonds is 4. The van der Waals surface area contributed by atoms with Crippen LogP contribution in [0.25, 0.3) is 0 Å². The molecule has 6 nitrogen and oxygen atoms in total. The summed E-state index contributed by atoms with van der Waals surface area (Å²) in [7, 11) is 0. The molecular formula is C16H26N4O2. The van der Waals surface area contributed by atoms with Gasteiger partial charge in [-0.3, -0.25) is 9.69 Å². The topological polar surface area (TPSA) is 71.3 Å². The summed E-state index contributed by atoms with van der Waals surface area (Å²) in [6.07, 6.45) is 9.25. The summed E-state index contributed by atoms with van der Waals surface area (Å²) in [5, 5.41) is 10.7. The highest BCUT2D eigenvalue weighted by Crippen LogP contribution is 2.25. The summed E-state index contributed by atoms with van der Waals surface area (Å²) < 4.78 is 4.64. The summed E-state index contributed by atoms with van der Waals surface area (Å²) in [6.45, 7) is 3.99. The summed E-state index contributed by atoms with van der Waals surface area (Å²) in [5.41, 5.74) is 1.33. The maximum Gasteiger partial charge on any atom is 0.226 e. The quantitative estimate of drug-likeness (QED) is 0.919. The van der Waals surface area contributed by atoms with Crippen LogP contribution < -0.4 is 5.32 Å². The molecule has 22 heavy (non-hydrogen) atoms. The minimum atomic E-state index is 0.0225. The van der Waals surface area contributed by atoms with Crippen molar-refractivity contribution in [3.8, 4) is 0 Å². The largest absolute Gasteiger partial charge is 0.352 e. The molecule has 1 aliphatic carbocycles. The van der Waals surface area contributed by atoms with Crippen LogP contribution in [0, 0.1) is 6.92 Å². The first-order chi connectivity index (χ1) is 10.7. The van der Waals surface area contributed by atoms with Gasteiger partial charge < -0.3 is 5.32 Å². The molecule has 0 spiro atoms. The van der Waals surface area contributed by atoms with Gasteiger partial charge in [0.05, 0.1) is 6.42 Å². The zero-order valence-corrected chi connectivity index (χ0v) is 13.4. The van der Waals surface area contributed by atoms with E-state index in [4.69, 9.17) is 0 Å². The van der Waals surface area contributed by atoms with Gasteiger partial charge in [0.1, 0.15) is 11.4 Å². The van der Waals surface area contributed by atoms with E-state index in [1.54, 1.807) is 0 Å². The number of aryl methyl sites for hydroxylation is 1. The zero-order chi connectivity index (χ0) is 15.4. The van der Waals surface area contributed by atoms with Crippen LogP contribution in [0.4, 0.5) is 0 Å². The summed E-state index contributed by atoms with van der Waals surface area (Å²) in [6, 6.07) is 0.999. The molecule has 1 N–H and O–H groups in total. The summed E-state index contributed by atoms with van der Waals surface area (Å²) in [5.74, 6) is 0.0225. The van der Waals surface area contributed by atoms with Crippen molar-refractivity contribution in [3.63, 3.8) is 0 Å². The minimum Gasteiger partial charge on any atom is -0.352 e. The van der Waals surface area contributed by atoms with Crippen LogP contribution in [0.1, 0.15) is 56.3 Å². The molecular weight excluding hydrogens is 280 g/mol. The molecule has 1 saturated heterocycles. The number of nitrogens with one attached hydrogen (secondary N) is 1. The number of carbonyl (C=O) groups excluding carboxylic acids is 1. The maximum atomic E-state index is 12.2. The number of hydrogen-bond acceptors (Lipinski definition) is 5. The van der Waals surface area contributed by atoms with E-state index in [-0.39, 0.29) is 18.4 Å². The number of hydrogen-bond donors (Lipinski definition) is 1. The highest BCUT2D eigenvalue weighted by molar-refractivity contribution is 5.78. The van der Waals surface area contributed by atoms with Crippen molar-refractivity contribution in [1.82, 2.24) is 20.5 Å².